The summed E-state index contributed by atoms with van der Waals surface area (Å²) in [5.41, 5.74) is -0.0312. The van der Waals surface area contributed by atoms with Crippen molar-refractivity contribution >= 4 is 46.7 Å². The summed E-state index contributed by atoms with van der Waals surface area (Å²) in [6, 6.07) is 2.57. The Balaban J connectivity index is 2.27. The average Bonchev–Trinajstić information content (AvgIpc) is 2.72. The number of carbonyl (C=O) groups is 3. The van der Waals surface area contributed by atoms with Gasteiger partial charge in [0.2, 0.25) is 0 Å². The lowest BCUT2D eigenvalue weighted by atomic mass is 10.2. The predicted molar refractivity (Wildman–Crippen MR) is 78.9 cm³/mol. The molecule has 0 saturated carbocycles. The van der Waals surface area contributed by atoms with E-state index in [9.17, 15) is 14.4 Å². The smallest absolute Gasteiger partial charge is 0.337 e. The van der Waals surface area contributed by atoms with Crippen molar-refractivity contribution in [2.45, 2.75) is 0 Å². The molecule has 9 heteroatoms. The van der Waals surface area contributed by atoms with Crippen LogP contribution >= 0.6 is 23.2 Å². The van der Waals surface area contributed by atoms with Gasteiger partial charge in [0.15, 0.2) is 0 Å². The van der Waals surface area contributed by atoms with Gasteiger partial charge in [-0.15, -0.1) is 0 Å². The summed E-state index contributed by atoms with van der Waals surface area (Å²) in [5.74, 6) is -2.42. The Morgan fingerprint density at radius 3 is 2.50 bits per heavy atom. The van der Waals surface area contributed by atoms with Gasteiger partial charge in [-0.3, -0.25) is 14.5 Å². The number of aliphatic hydroxyl groups excluding tert-OH is 1. The minimum Gasteiger partial charge on any atom is -0.478 e. The molecule has 0 atom stereocenters. The molecule has 7 nitrogen and oxygen atoms in total. The Labute approximate surface area is 134 Å². The van der Waals surface area contributed by atoms with Gasteiger partial charge in [-0.2, -0.15) is 0 Å². The first-order chi connectivity index (χ1) is 10.4. The minimum atomic E-state index is -1.24. The number of hydrogen-bond donors (Lipinski definition) is 3. The van der Waals surface area contributed by atoms with Gasteiger partial charge in [-0.25, -0.2) is 4.79 Å². The molecule has 0 unspecified atom stereocenters. The van der Waals surface area contributed by atoms with E-state index in [1.165, 1.54) is 12.1 Å². The summed E-state index contributed by atoms with van der Waals surface area (Å²) in [7, 11) is 0. The second-order valence-electron chi connectivity index (χ2n) is 4.30. The molecule has 116 valence electrons. The zero-order valence-corrected chi connectivity index (χ0v) is 12.5. The van der Waals surface area contributed by atoms with Crippen LogP contribution in [-0.4, -0.2) is 46.0 Å². The zero-order chi connectivity index (χ0) is 16.4. The van der Waals surface area contributed by atoms with Crippen LogP contribution in [0.5, 0.6) is 0 Å². The molecule has 1 heterocycles. The lowest BCUT2D eigenvalue weighted by molar-refractivity contribution is -0.137. The van der Waals surface area contributed by atoms with E-state index in [1.807, 2.05) is 0 Å². The number of carboxylic acids is 1. The maximum absolute atomic E-state index is 12.0. The number of aliphatic hydroxyl groups is 1. The highest BCUT2D eigenvalue weighted by Crippen LogP contribution is 2.34. The Hall–Kier alpha value is -2.09. The molecule has 22 heavy (non-hydrogen) atoms. The van der Waals surface area contributed by atoms with Gasteiger partial charge >= 0.3 is 5.97 Å². The number of rotatable bonds is 5. The number of aromatic carboxylic acids is 1. The summed E-state index contributed by atoms with van der Waals surface area (Å²) in [6.07, 6.45) is 1.06. The lowest BCUT2D eigenvalue weighted by Gasteiger charge is -2.14. The molecule has 0 saturated heterocycles. The van der Waals surface area contributed by atoms with Crippen molar-refractivity contribution in [1.29, 1.82) is 0 Å². The standard InChI is InChI=1S/C13H10Cl2N2O5/c14-10-6(13(21)22)1-2-7(11(10)15)16-8-5-9(19)17(3-4-18)12(8)20/h1-2,5,16,18H,3-4H2,(H,21,22). The molecule has 0 fully saturated rings. The quantitative estimate of drug-likeness (QED) is 0.696. The maximum Gasteiger partial charge on any atom is 0.337 e. The molecule has 1 aromatic carbocycles. The van der Waals surface area contributed by atoms with Crippen LogP contribution in [0.3, 0.4) is 0 Å². The van der Waals surface area contributed by atoms with E-state index < -0.39 is 17.8 Å². The van der Waals surface area contributed by atoms with E-state index in [2.05, 4.69) is 5.32 Å². The van der Waals surface area contributed by atoms with Crippen LogP contribution in [0, 0.1) is 0 Å². The van der Waals surface area contributed by atoms with Gasteiger partial charge in [-0.1, -0.05) is 23.2 Å². The van der Waals surface area contributed by atoms with E-state index in [4.69, 9.17) is 33.4 Å². The number of benzene rings is 1. The summed E-state index contributed by atoms with van der Waals surface area (Å²) in [5, 5.41) is 20.1. The first kappa shape index (κ1) is 16.3. The van der Waals surface area contributed by atoms with E-state index in [0.29, 0.717) is 0 Å². The third-order valence-corrected chi connectivity index (χ3v) is 3.80. The van der Waals surface area contributed by atoms with Gasteiger partial charge in [0.25, 0.3) is 11.8 Å². The number of halogens is 2. The Bertz CT molecular complexity index is 702. The highest BCUT2D eigenvalue weighted by Gasteiger charge is 2.31. The number of carbonyl (C=O) groups excluding carboxylic acids is 2. The maximum atomic E-state index is 12.0. The van der Waals surface area contributed by atoms with E-state index in [0.717, 1.165) is 11.0 Å². The van der Waals surface area contributed by atoms with Gasteiger partial charge in [0.05, 0.1) is 34.4 Å². The number of β-amino-alcohol motifs (C(OH)–C–C–N with tert-alkyl or cyclic N) is 1. The Kier molecular flexibility index (Phi) is 4.70. The lowest BCUT2D eigenvalue weighted by Crippen LogP contribution is -2.34. The largest absolute Gasteiger partial charge is 0.478 e. The number of carboxylic acid groups (broad SMARTS) is 1. The van der Waals surface area contributed by atoms with Crippen molar-refractivity contribution in [3.63, 3.8) is 0 Å². The Morgan fingerprint density at radius 1 is 1.23 bits per heavy atom. The molecule has 2 amide bonds. The summed E-state index contributed by atoms with van der Waals surface area (Å²) >= 11 is 11.8. The molecule has 2 rings (SSSR count). The summed E-state index contributed by atoms with van der Waals surface area (Å²) < 4.78 is 0. The normalized spacial score (nSPS) is 14.3. The van der Waals surface area contributed by atoms with E-state index in [-0.39, 0.29) is 40.1 Å². The van der Waals surface area contributed by atoms with Gasteiger partial charge in [0, 0.05) is 6.08 Å². The molecule has 0 aromatic heterocycles. The molecular formula is C13H10Cl2N2O5. The van der Waals surface area contributed by atoms with Crippen molar-refractivity contribution in [3.8, 4) is 0 Å². The van der Waals surface area contributed by atoms with E-state index in [1.54, 1.807) is 0 Å². The monoisotopic (exact) mass is 344 g/mol. The first-order valence-corrected chi connectivity index (χ1v) is 6.79. The van der Waals surface area contributed by atoms with E-state index >= 15 is 0 Å². The fourth-order valence-electron chi connectivity index (χ4n) is 1.87. The number of nitrogens with one attached hydrogen (secondary N) is 1. The van der Waals surface area contributed by atoms with Crippen LogP contribution in [0.1, 0.15) is 10.4 Å². The molecule has 3 N–H and O–H groups in total. The molecule has 1 aliphatic heterocycles. The highest BCUT2D eigenvalue weighted by atomic mass is 35.5. The van der Waals surface area contributed by atoms with Crippen molar-refractivity contribution in [1.82, 2.24) is 4.90 Å². The van der Waals surface area contributed by atoms with Crippen LogP contribution in [0.4, 0.5) is 5.69 Å². The van der Waals surface area contributed by atoms with Crippen LogP contribution < -0.4 is 5.32 Å². The molecule has 1 aromatic rings. The second-order valence-corrected chi connectivity index (χ2v) is 5.05. The van der Waals surface area contributed by atoms with Gasteiger partial charge < -0.3 is 15.5 Å². The molecule has 0 spiro atoms. The van der Waals surface area contributed by atoms with Gasteiger partial charge in [0.1, 0.15) is 5.70 Å². The summed E-state index contributed by atoms with van der Waals surface area (Å²) in [6.45, 7) is -0.468. The second kappa shape index (κ2) is 6.35. The topological polar surface area (TPSA) is 107 Å². The fourth-order valence-corrected chi connectivity index (χ4v) is 2.32. The fraction of sp³-hybridized carbons (Fsp3) is 0.154. The van der Waals surface area contributed by atoms with Gasteiger partial charge in [-0.05, 0) is 12.1 Å². The molecule has 1 aliphatic rings. The third kappa shape index (κ3) is 2.92. The number of anilines is 1. The molecular weight excluding hydrogens is 335 g/mol. The van der Waals surface area contributed by atoms with Crippen molar-refractivity contribution in [2.75, 3.05) is 18.5 Å². The molecule has 0 radical (unpaired) electrons. The SMILES string of the molecule is O=C(O)c1ccc(NC2=CC(=O)N(CCO)C2=O)c(Cl)c1Cl. The van der Waals surface area contributed by atoms with Crippen LogP contribution in [0.2, 0.25) is 10.0 Å². The molecule has 0 aliphatic carbocycles. The third-order valence-electron chi connectivity index (χ3n) is 2.92. The molecule has 0 bridgehead atoms. The number of hydrogen-bond acceptors (Lipinski definition) is 5. The average molecular weight is 345 g/mol. The zero-order valence-electron chi connectivity index (χ0n) is 11.0. The highest BCUT2D eigenvalue weighted by molar-refractivity contribution is 6.45. The van der Waals surface area contributed by atoms with Crippen molar-refractivity contribution in [2.24, 2.45) is 0 Å². The van der Waals surface area contributed by atoms with Crippen molar-refractivity contribution < 1.29 is 24.6 Å². The van der Waals surface area contributed by atoms with Crippen molar-refractivity contribution in [3.05, 3.63) is 39.5 Å². The number of imide groups is 1. The first-order valence-electron chi connectivity index (χ1n) is 6.03. The summed E-state index contributed by atoms with van der Waals surface area (Å²) in [4.78, 5) is 35.4. The van der Waals surface area contributed by atoms with Crippen LogP contribution in [-0.2, 0) is 9.59 Å². The van der Waals surface area contributed by atoms with Crippen LogP contribution in [0.15, 0.2) is 23.9 Å². The minimum absolute atomic E-state index is 0.0421. The predicted octanol–water partition coefficient (Wildman–Crippen LogP) is 1.35. The Morgan fingerprint density at radius 2 is 1.91 bits per heavy atom. The number of amides is 2. The van der Waals surface area contributed by atoms with Crippen LogP contribution in [0.25, 0.3) is 0 Å². The number of nitrogens with zero attached hydrogens (tertiary/aromatic N) is 1.